The Hall–Kier alpha value is 0.0900. The molecular weight excluding hydrogens is 346 g/mol. The van der Waals surface area contributed by atoms with E-state index in [1.54, 1.807) is 12.1 Å². The molecule has 3 nitrogen and oxygen atoms in total. The monoisotopic (exact) mass is 363 g/mol. The van der Waals surface area contributed by atoms with Gasteiger partial charge >= 0.3 is 0 Å². The molecule has 2 aliphatic carbocycles. The first-order chi connectivity index (χ1) is 8.95. The van der Waals surface area contributed by atoms with E-state index in [4.69, 9.17) is 0 Å². The molecule has 6 heteroatoms. The first-order valence-electron chi connectivity index (χ1n) is 6.73. The van der Waals surface area contributed by atoms with Crippen molar-refractivity contribution in [2.24, 2.45) is 17.8 Å². The van der Waals surface area contributed by atoms with Crippen molar-refractivity contribution in [2.45, 2.75) is 42.9 Å². The molecular formula is C13H18BrNO2S2. The Kier molecular flexibility index (Phi) is 3.79. The first-order valence-corrected chi connectivity index (χ1v) is 9.82. The standard InChI is InChI=1S/C13H18BrNO2S2/c1-8(11-7-9-2-3-10(11)6-9)15-19(16,17)13-5-4-12(14)18-13/h4-5,8-11,15H,2-3,6-7H2,1H3/t8-,9+,10+,11-/m1/s1. The minimum absolute atomic E-state index is 0.0428. The van der Waals surface area contributed by atoms with Gasteiger partial charge in [0.05, 0.1) is 3.79 Å². The van der Waals surface area contributed by atoms with Crippen LogP contribution in [-0.2, 0) is 10.0 Å². The molecule has 1 N–H and O–H groups in total. The van der Waals surface area contributed by atoms with Gasteiger partial charge in [0, 0.05) is 6.04 Å². The third kappa shape index (κ3) is 2.77. The molecule has 0 amide bonds. The summed E-state index contributed by atoms with van der Waals surface area (Å²) in [6.45, 7) is 2.02. The number of hydrogen-bond acceptors (Lipinski definition) is 3. The highest BCUT2D eigenvalue weighted by atomic mass is 79.9. The molecule has 19 heavy (non-hydrogen) atoms. The Bertz CT molecular complexity index is 569. The molecule has 106 valence electrons. The average molecular weight is 364 g/mol. The highest BCUT2D eigenvalue weighted by Crippen LogP contribution is 2.49. The SMILES string of the molecule is C[C@@H](NS(=O)(=O)c1ccc(Br)s1)[C@H]1C[C@H]2CC[C@H]1C2. The highest BCUT2D eigenvalue weighted by molar-refractivity contribution is 9.11. The molecule has 2 bridgehead atoms. The van der Waals surface area contributed by atoms with Gasteiger partial charge in [-0.2, -0.15) is 0 Å². The summed E-state index contributed by atoms with van der Waals surface area (Å²) in [5, 5.41) is 0. The van der Waals surface area contributed by atoms with E-state index in [9.17, 15) is 8.42 Å². The quantitative estimate of drug-likeness (QED) is 0.887. The number of halogens is 1. The van der Waals surface area contributed by atoms with Gasteiger partial charge in [0.1, 0.15) is 4.21 Å². The van der Waals surface area contributed by atoms with Crippen molar-refractivity contribution < 1.29 is 8.42 Å². The lowest BCUT2D eigenvalue weighted by Gasteiger charge is -2.28. The fourth-order valence-electron chi connectivity index (χ4n) is 3.74. The van der Waals surface area contributed by atoms with Crippen LogP contribution in [0.2, 0.25) is 0 Å². The van der Waals surface area contributed by atoms with Gasteiger partial charge in [-0.1, -0.05) is 6.42 Å². The molecule has 0 aliphatic heterocycles. The van der Waals surface area contributed by atoms with Gasteiger partial charge in [-0.05, 0) is 72.0 Å². The first kappa shape index (κ1) is 14.0. The fraction of sp³-hybridized carbons (Fsp3) is 0.692. The lowest BCUT2D eigenvalue weighted by molar-refractivity contribution is 0.280. The predicted molar refractivity (Wildman–Crippen MR) is 80.7 cm³/mol. The van der Waals surface area contributed by atoms with Gasteiger partial charge in [-0.25, -0.2) is 13.1 Å². The van der Waals surface area contributed by atoms with Crippen LogP contribution in [-0.4, -0.2) is 14.5 Å². The smallest absolute Gasteiger partial charge is 0.207 e. The number of nitrogens with one attached hydrogen (secondary N) is 1. The topological polar surface area (TPSA) is 46.2 Å². The van der Waals surface area contributed by atoms with Gasteiger partial charge in [0.25, 0.3) is 0 Å². The van der Waals surface area contributed by atoms with Crippen LogP contribution in [0.25, 0.3) is 0 Å². The van der Waals surface area contributed by atoms with Crippen molar-refractivity contribution in [3.05, 3.63) is 15.9 Å². The summed E-state index contributed by atoms with van der Waals surface area (Å²) in [5.74, 6) is 2.10. The summed E-state index contributed by atoms with van der Waals surface area (Å²) in [4.78, 5) is 0. The molecule has 1 heterocycles. The summed E-state index contributed by atoms with van der Waals surface area (Å²) in [7, 11) is -3.35. The van der Waals surface area contributed by atoms with Crippen molar-refractivity contribution in [3.63, 3.8) is 0 Å². The number of hydrogen-bond donors (Lipinski definition) is 1. The van der Waals surface area contributed by atoms with Crippen molar-refractivity contribution in [1.29, 1.82) is 0 Å². The van der Waals surface area contributed by atoms with E-state index in [-0.39, 0.29) is 6.04 Å². The molecule has 1 aromatic rings. The molecule has 2 fully saturated rings. The van der Waals surface area contributed by atoms with E-state index >= 15 is 0 Å². The zero-order chi connectivity index (χ0) is 13.6. The maximum absolute atomic E-state index is 12.3. The second-order valence-corrected chi connectivity index (χ2v) is 10.2. The van der Waals surface area contributed by atoms with Gasteiger partial charge < -0.3 is 0 Å². The number of sulfonamides is 1. The summed E-state index contributed by atoms with van der Waals surface area (Å²) >= 11 is 4.57. The minimum atomic E-state index is -3.35. The van der Waals surface area contributed by atoms with Crippen molar-refractivity contribution in [1.82, 2.24) is 4.72 Å². The molecule has 1 aromatic heterocycles. The Morgan fingerprint density at radius 3 is 2.68 bits per heavy atom. The molecule has 0 unspecified atom stereocenters. The normalized spacial score (nSPS) is 31.8. The summed E-state index contributed by atoms with van der Waals surface area (Å²) in [6.07, 6.45) is 5.13. The Morgan fingerprint density at radius 2 is 2.16 bits per heavy atom. The molecule has 0 saturated heterocycles. The minimum Gasteiger partial charge on any atom is -0.207 e. The van der Waals surface area contributed by atoms with Crippen LogP contribution in [0, 0.1) is 17.8 Å². The van der Waals surface area contributed by atoms with Crippen molar-refractivity contribution in [3.8, 4) is 0 Å². The van der Waals surface area contributed by atoms with Crippen LogP contribution >= 0.6 is 27.3 Å². The van der Waals surface area contributed by atoms with Gasteiger partial charge in [-0.15, -0.1) is 11.3 Å². The Labute approximate surface area is 127 Å². The van der Waals surface area contributed by atoms with Crippen LogP contribution < -0.4 is 4.72 Å². The number of fused-ring (bicyclic) bond motifs is 2. The largest absolute Gasteiger partial charge is 0.250 e. The lowest BCUT2D eigenvalue weighted by atomic mass is 9.84. The highest BCUT2D eigenvalue weighted by Gasteiger charge is 2.42. The van der Waals surface area contributed by atoms with E-state index in [1.165, 1.54) is 37.0 Å². The second kappa shape index (κ2) is 5.13. The Morgan fingerprint density at radius 1 is 1.37 bits per heavy atom. The van der Waals surface area contributed by atoms with Crippen LogP contribution in [0.4, 0.5) is 0 Å². The predicted octanol–water partition coefficient (Wildman–Crippen LogP) is 3.61. The Balaban J connectivity index is 1.71. The maximum Gasteiger partial charge on any atom is 0.250 e. The van der Waals surface area contributed by atoms with Crippen LogP contribution in [0.3, 0.4) is 0 Å². The zero-order valence-corrected chi connectivity index (χ0v) is 14.0. The summed E-state index contributed by atoms with van der Waals surface area (Å²) in [5.41, 5.74) is 0. The molecule has 0 radical (unpaired) electrons. The number of rotatable bonds is 4. The second-order valence-electron chi connectivity index (χ2n) is 5.81. The molecule has 2 saturated carbocycles. The van der Waals surface area contributed by atoms with E-state index in [0.717, 1.165) is 15.6 Å². The van der Waals surface area contributed by atoms with Crippen LogP contribution in [0.1, 0.15) is 32.6 Å². The van der Waals surface area contributed by atoms with Crippen molar-refractivity contribution >= 4 is 37.3 Å². The fourth-order valence-corrected chi connectivity index (χ4v) is 7.06. The third-order valence-corrected chi connectivity index (χ3v) is 8.26. The molecule has 3 rings (SSSR count). The lowest BCUT2D eigenvalue weighted by Crippen LogP contribution is -2.39. The van der Waals surface area contributed by atoms with Gasteiger partial charge in [0.2, 0.25) is 10.0 Å². The van der Waals surface area contributed by atoms with Crippen molar-refractivity contribution in [2.75, 3.05) is 0 Å². The van der Waals surface area contributed by atoms with Crippen LogP contribution in [0.5, 0.6) is 0 Å². The van der Waals surface area contributed by atoms with Gasteiger partial charge in [0.15, 0.2) is 0 Å². The van der Waals surface area contributed by atoms with E-state index in [2.05, 4.69) is 20.7 Å². The number of thiophene rings is 1. The molecule has 4 atom stereocenters. The molecule has 0 spiro atoms. The summed E-state index contributed by atoms with van der Waals surface area (Å²) in [6, 6.07) is 3.48. The van der Waals surface area contributed by atoms with E-state index in [0.29, 0.717) is 10.1 Å². The zero-order valence-electron chi connectivity index (χ0n) is 10.8. The van der Waals surface area contributed by atoms with E-state index < -0.39 is 10.0 Å². The third-order valence-electron chi connectivity index (χ3n) is 4.59. The van der Waals surface area contributed by atoms with Gasteiger partial charge in [-0.3, -0.25) is 0 Å². The average Bonchev–Trinajstić information content (AvgIpc) is 3.02. The van der Waals surface area contributed by atoms with Crippen LogP contribution in [0.15, 0.2) is 20.1 Å². The summed E-state index contributed by atoms with van der Waals surface area (Å²) < 4.78 is 28.7. The van der Waals surface area contributed by atoms with E-state index in [1.807, 2.05) is 6.92 Å². The molecule has 0 aromatic carbocycles. The maximum atomic E-state index is 12.3. The molecule has 2 aliphatic rings.